The van der Waals surface area contributed by atoms with Crippen LogP contribution in [0, 0.1) is 0 Å². The van der Waals surface area contributed by atoms with Crippen LogP contribution in [0.15, 0.2) is 36.4 Å². The average Bonchev–Trinajstić information content (AvgIpc) is 3.10. The maximum absolute atomic E-state index is 6.27. The molecule has 1 aliphatic carbocycles. The number of fused-ring (bicyclic) bond motifs is 2. The number of nitrogens with two attached hydrogens (primary N) is 1. The molecule has 7 heteroatoms. The highest BCUT2D eigenvalue weighted by Gasteiger charge is 2.43. The van der Waals surface area contributed by atoms with Gasteiger partial charge in [-0.15, -0.1) is 10.2 Å². The molecule has 3 aromatic rings. The zero-order valence-corrected chi connectivity index (χ0v) is 15.0. The van der Waals surface area contributed by atoms with Gasteiger partial charge in [0.2, 0.25) is 0 Å². The number of tetrazole rings is 1. The van der Waals surface area contributed by atoms with E-state index in [-0.39, 0.29) is 0 Å². The fourth-order valence-electron chi connectivity index (χ4n) is 3.97. The average molecular weight is 374 g/mol. The minimum Gasteiger partial charge on any atom is -0.330 e. The Morgan fingerprint density at radius 1 is 1.00 bits per heavy atom. The molecule has 1 aliphatic rings. The number of H-pyrrole nitrogens is 1. The number of hydrogen-bond donors (Lipinski definition) is 2. The van der Waals surface area contributed by atoms with Crippen LogP contribution in [0.2, 0.25) is 10.0 Å². The zero-order valence-electron chi connectivity index (χ0n) is 13.5. The van der Waals surface area contributed by atoms with Crippen molar-refractivity contribution in [2.75, 3.05) is 6.54 Å². The normalized spacial score (nSPS) is 15.3. The second-order valence-corrected chi connectivity index (χ2v) is 7.16. The summed E-state index contributed by atoms with van der Waals surface area (Å²) in [7, 11) is 0. The van der Waals surface area contributed by atoms with E-state index in [9.17, 15) is 0 Å². The van der Waals surface area contributed by atoms with E-state index in [0.29, 0.717) is 18.8 Å². The van der Waals surface area contributed by atoms with E-state index >= 15 is 0 Å². The molecule has 0 fully saturated rings. The topological polar surface area (TPSA) is 80.5 Å². The van der Waals surface area contributed by atoms with Crippen LogP contribution < -0.4 is 5.73 Å². The molecule has 0 amide bonds. The van der Waals surface area contributed by atoms with Crippen molar-refractivity contribution in [2.24, 2.45) is 5.73 Å². The maximum Gasteiger partial charge on any atom is 0.189 e. The van der Waals surface area contributed by atoms with Gasteiger partial charge in [-0.2, -0.15) is 5.21 Å². The van der Waals surface area contributed by atoms with Crippen LogP contribution in [0.25, 0.3) is 0 Å². The summed E-state index contributed by atoms with van der Waals surface area (Å²) < 4.78 is 0. The summed E-state index contributed by atoms with van der Waals surface area (Å²) in [5, 5.41) is 16.5. The molecule has 0 aliphatic heterocycles. The summed E-state index contributed by atoms with van der Waals surface area (Å²) in [6.45, 7) is 0.485. The predicted molar refractivity (Wildman–Crippen MR) is 98.0 cm³/mol. The van der Waals surface area contributed by atoms with Gasteiger partial charge >= 0.3 is 0 Å². The van der Waals surface area contributed by atoms with Gasteiger partial charge in [0.25, 0.3) is 0 Å². The highest BCUT2D eigenvalue weighted by molar-refractivity contribution is 6.31. The SMILES string of the molecule is NCCC1(c2nn[nH]n2)c2ccc(Cl)cc2CCc2cc(Cl)ccc21. The molecule has 0 bridgehead atoms. The van der Waals surface area contributed by atoms with Gasteiger partial charge in [-0.3, -0.25) is 0 Å². The number of nitrogens with zero attached hydrogens (tertiary/aromatic N) is 3. The first-order chi connectivity index (χ1) is 12.1. The molecule has 0 atom stereocenters. The summed E-state index contributed by atoms with van der Waals surface area (Å²) in [5.74, 6) is 0.618. The lowest BCUT2D eigenvalue weighted by atomic mass is 9.69. The van der Waals surface area contributed by atoms with E-state index in [4.69, 9.17) is 28.9 Å². The second-order valence-electron chi connectivity index (χ2n) is 6.28. The molecule has 1 aromatic heterocycles. The van der Waals surface area contributed by atoms with Crippen LogP contribution >= 0.6 is 23.2 Å². The van der Waals surface area contributed by atoms with Crippen LogP contribution in [0.5, 0.6) is 0 Å². The molecule has 128 valence electrons. The van der Waals surface area contributed by atoms with Crippen LogP contribution in [0.1, 0.15) is 34.5 Å². The third-order valence-electron chi connectivity index (χ3n) is 4.96. The van der Waals surface area contributed by atoms with Crippen molar-refractivity contribution in [2.45, 2.75) is 24.7 Å². The summed E-state index contributed by atoms with van der Waals surface area (Å²) >= 11 is 12.5. The molecule has 1 heterocycles. The standard InChI is InChI=1S/C18H17Cl2N5/c19-13-3-5-15-11(9-13)1-2-12-10-14(20)4-6-16(12)18(15,7-8-21)17-22-24-25-23-17/h3-6,9-10H,1-2,7-8,21H2,(H,22,23,24,25). The maximum atomic E-state index is 6.27. The molecular formula is C18H17Cl2N5. The molecule has 0 saturated heterocycles. The van der Waals surface area contributed by atoms with E-state index in [0.717, 1.165) is 34.0 Å². The fraction of sp³-hybridized carbons (Fsp3) is 0.278. The lowest BCUT2D eigenvalue weighted by molar-refractivity contribution is 0.531. The Morgan fingerprint density at radius 2 is 1.60 bits per heavy atom. The number of aromatic amines is 1. The molecule has 4 rings (SSSR count). The van der Waals surface area contributed by atoms with Gasteiger partial charge in [-0.05, 0) is 72.3 Å². The Kier molecular flexibility index (Phi) is 4.23. The molecule has 5 nitrogen and oxygen atoms in total. The van der Waals surface area contributed by atoms with Crippen LogP contribution in [0.3, 0.4) is 0 Å². The van der Waals surface area contributed by atoms with E-state index < -0.39 is 5.41 Å². The van der Waals surface area contributed by atoms with Gasteiger partial charge in [0, 0.05) is 10.0 Å². The van der Waals surface area contributed by atoms with Crippen molar-refractivity contribution in [1.29, 1.82) is 0 Å². The van der Waals surface area contributed by atoms with Gasteiger partial charge in [0.1, 0.15) is 0 Å². The summed E-state index contributed by atoms with van der Waals surface area (Å²) in [5.41, 5.74) is 10.1. The number of nitrogens with one attached hydrogen (secondary N) is 1. The first-order valence-electron chi connectivity index (χ1n) is 8.17. The second kappa shape index (κ2) is 6.41. The Hall–Kier alpha value is -1.95. The number of hydrogen-bond acceptors (Lipinski definition) is 4. The van der Waals surface area contributed by atoms with E-state index in [1.165, 1.54) is 11.1 Å². The van der Waals surface area contributed by atoms with E-state index in [2.05, 4.69) is 32.8 Å². The molecule has 0 spiro atoms. The largest absolute Gasteiger partial charge is 0.330 e. The van der Waals surface area contributed by atoms with Crippen molar-refractivity contribution in [3.8, 4) is 0 Å². The van der Waals surface area contributed by atoms with Crippen molar-refractivity contribution in [3.63, 3.8) is 0 Å². The van der Waals surface area contributed by atoms with Crippen LogP contribution in [0.4, 0.5) is 0 Å². The van der Waals surface area contributed by atoms with Crippen molar-refractivity contribution in [1.82, 2.24) is 20.6 Å². The quantitative estimate of drug-likeness (QED) is 0.737. The van der Waals surface area contributed by atoms with E-state index in [1.54, 1.807) is 0 Å². The van der Waals surface area contributed by atoms with Gasteiger partial charge in [0.05, 0.1) is 5.41 Å². The minimum atomic E-state index is -0.571. The predicted octanol–water partition coefficient (Wildman–Crippen LogP) is 3.29. The third-order valence-corrected chi connectivity index (χ3v) is 5.43. The van der Waals surface area contributed by atoms with Gasteiger partial charge < -0.3 is 5.73 Å². The third kappa shape index (κ3) is 2.63. The minimum absolute atomic E-state index is 0.485. The number of benzene rings is 2. The molecule has 0 radical (unpaired) electrons. The molecule has 0 unspecified atom stereocenters. The molecule has 2 aromatic carbocycles. The Balaban J connectivity index is 2.09. The first-order valence-corrected chi connectivity index (χ1v) is 8.92. The van der Waals surface area contributed by atoms with Crippen LogP contribution in [-0.2, 0) is 18.3 Å². The van der Waals surface area contributed by atoms with Crippen molar-refractivity contribution < 1.29 is 0 Å². The van der Waals surface area contributed by atoms with Crippen molar-refractivity contribution in [3.05, 3.63) is 74.5 Å². The highest BCUT2D eigenvalue weighted by Crippen LogP contribution is 2.46. The lowest BCUT2D eigenvalue weighted by Gasteiger charge is -2.33. The fourth-order valence-corrected chi connectivity index (χ4v) is 4.36. The summed E-state index contributed by atoms with van der Waals surface area (Å²) in [6, 6.07) is 12.0. The Bertz CT molecular complexity index is 854. The first kappa shape index (κ1) is 16.5. The van der Waals surface area contributed by atoms with Gasteiger partial charge in [0.15, 0.2) is 5.82 Å². The number of rotatable bonds is 3. The Morgan fingerprint density at radius 3 is 2.08 bits per heavy atom. The molecule has 3 N–H and O–H groups in total. The number of aromatic nitrogens is 4. The summed E-state index contributed by atoms with van der Waals surface area (Å²) in [4.78, 5) is 0. The van der Waals surface area contributed by atoms with Crippen molar-refractivity contribution >= 4 is 23.2 Å². The Labute approximate surface area is 155 Å². The monoisotopic (exact) mass is 373 g/mol. The van der Waals surface area contributed by atoms with E-state index in [1.807, 2.05) is 24.3 Å². The number of halogens is 2. The van der Waals surface area contributed by atoms with Crippen LogP contribution in [-0.4, -0.2) is 27.2 Å². The molecule has 0 saturated carbocycles. The highest BCUT2D eigenvalue weighted by atomic mass is 35.5. The van der Waals surface area contributed by atoms with Gasteiger partial charge in [-0.25, -0.2) is 0 Å². The summed E-state index contributed by atoms with van der Waals surface area (Å²) in [6.07, 6.45) is 2.40. The zero-order chi connectivity index (χ0) is 17.4. The number of aryl methyl sites for hydroxylation is 2. The molecular weight excluding hydrogens is 357 g/mol. The smallest absolute Gasteiger partial charge is 0.189 e. The molecule has 25 heavy (non-hydrogen) atoms. The lowest BCUT2D eigenvalue weighted by Crippen LogP contribution is -2.34. The van der Waals surface area contributed by atoms with Gasteiger partial charge in [-0.1, -0.05) is 40.5 Å².